The maximum Gasteiger partial charge on any atom is 0.236 e. The molecule has 0 spiro atoms. The van der Waals surface area contributed by atoms with Gasteiger partial charge in [0.1, 0.15) is 0 Å². The lowest BCUT2D eigenvalue weighted by atomic mass is 9.70. The van der Waals surface area contributed by atoms with E-state index in [2.05, 4.69) is 38.0 Å². The Morgan fingerprint density at radius 2 is 1.95 bits per heavy atom. The van der Waals surface area contributed by atoms with Crippen LogP contribution in [0.3, 0.4) is 0 Å². The number of piperazine rings is 1. The number of nitrogens with zero attached hydrogens (tertiary/aromatic N) is 2. The minimum absolute atomic E-state index is 0.296. The quantitative estimate of drug-likeness (QED) is 0.853. The average molecular weight is 281 g/mol. The summed E-state index contributed by atoms with van der Waals surface area (Å²) in [5.41, 5.74) is 0.411. The van der Waals surface area contributed by atoms with E-state index >= 15 is 0 Å². The van der Waals surface area contributed by atoms with E-state index in [9.17, 15) is 4.79 Å². The molecule has 1 amide bonds. The van der Waals surface area contributed by atoms with E-state index in [1.54, 1.807) is 0 Å². The highest BCUT2D eigenvalue weighted by atomic mass is 16.2. The fourth-order valence-corrected chi connectivity index (χ4v) is 3.99. The molecule has 2 fully saturated rings. The first kappa shape index (κ1) is 15.8. The van der Waals surface area contributed by atoms with Crippen molar-refractivity contribution >= 4 is 5.91 Å². The molecule has 0 aromatic carbocycles. The van der Waals surface area contributed by atoms with Gasteiger partial charge in [0.15, 0.2) is 0 Å². The zero-order valence-corrected chi connectivity index (χ0v) is 13.6. The molecule has 116 valence electrons. The minimum atomic E-state index is 0.296. The Balaban J connectivity index is 1.87. The van der Waals surface area contributed by atoms with Gasteiger partial charge < -0.3 is 10.2 Å². The normalized spacial score (nSPS) is 30.6. The summed E-state index contributed by atoms with van der Waals surface area (Å²) in [5, 5.41) is 3.30. The van der Waals surface area contributed by atoms with Crippen molar-refractivity contribution in [3.05, 3.63) is 0 Å². The Hall–Kier alpha value is -0.610. The first-order valence-electron chi connectivity index (χ1n) is 8.06. The summed E-state index contributed by atoms with van der Waals surface area (Å²) in [6.07, 6.45) is 3.75. The van der Waals surface area contributed by atoms with Gasteiger partial charge in [-0.2, -0.15) is 0 Å². The summed E-state index contributed by atoms with van der Waals surface area (Å²) >= 11 is 0. The maximum absolute atomic E-state index is 12.4. The summed E-state index contributed by atoms with van der Waals surface area (Å²) in [7, 11) is 2.12. The number of amides is 1. The van der Waals surface area contributed by atoms with Crippen LogP contribution in [0, 0.1) is 11.3 Å². The molecule has 20 heavy (non-hydrogen) atoms. The van der Waals surface area contributed by atoms with Crippen molar-refractivity contribution in [1.82, 2.24) is 15.1 Å². The molecule has 2 rings (SSSR count). The largest absolute Gasteiger partial charge is 0.339 e. The Bertz CT molecular complexity index is 337. The van der Waals surface area contributed by atoms with Gasteiger partial charge in [-0.3, -0.25) is 9.69 Å². The van der Waals surface area contributed by atoms with Crippen LogP contribution in [0.5, 0.6) is 0 Å². The number of carbonyl (C=O) groups is 1. The summed E-state index contributed by atoms with van der Waals surface area (Å²) < 4.78 is 0. The Morgan fingerprint density at radius 1 is 1.30 bits per heavy atom. The second-order valence-electron chi connectivity index (χ2n) is 7.61. The van der Waals surface area contributed by atoms with Gasteiger partial charge in [0, 0.05) is 32.2 Å². The van der Waals surface area contributed by atoms with Gasteiger partial charge in [-0.05, 0) is 37.6 Å². The molecule has 2 aliphatic rings. The molecule has 1 aliphatic heterocycles. The first-order valence-corrected chi connectivity index (χ1v) is 8.06. The molecule has 0 aromatic heterocycles. The van der Waals surface area contributed by atoms with Crippen LogP contribution in [-0.2, 0) is 4.79 Å². The van der Waals surface area contributed by atoms with E-state index in [0.29, 0.717) is 23.9 Å². The third-order valence-corrected chi connectivity index (χ3v) is 4.84. The summed E-state index contributed by atoms with van der Waals surface area (Å²) in [6, 6.07) is 0.556. The molecule has 1 N–H and O–H groups in total. The van der Waals surface area contributed by atoms with Gasteiger partial charge in [0.2, 0.25) is 5.91 Å². The molecule has 2 unspecified atom stereocenters. The number of likely N-dealkylation sites (N-methyl/N-ethyl adjacent to an activating group) is 1. The van der Waals surface area contributed by atoms with E-state index in [-0.39, 0.29) is 0 Å². The second-order valence-corrected chi connectivity index (χ2v) is 7.61. The van der Waals surface area contributed by atoms with Crippen LogP contribution >= 0.6 is 0 Å². The number of rotatable bonds is 3. The van der Waals surface area contributed by atoms with Gasteiger partial charge in [0.25, 0.3) is 0 Å². The Labute approximate surface area is 123 Å². The standard InChI is InChI=1S/C16H31N3O/c1-13-9-14(11-16(2,3)10-13)18(4)12-15(20)19-7-5-17-6-8-19/h13-14,17H,5-12H2,1-4H3. The van der Waals surface area contributed by atoms with Gasteiger partial charge in [0.05, 0.1) is 6.54 Å². The van der Waals surface area contributed by atoms with E-state index in [4.69, 9.17) is 0 Å². The molecular formula is C16H31N3O. The third-order valence-electron chi connectivity index (χ3n) is 4.84. The fourth-order valence-electron chi connectivity index (χ4n) is 3.99. The summed E-state index contributed by atoms with van der Waals surface area (Å²) in [6.45, 7) is 11.2. The molecule has 4 nitrogen and oxygen atoms in total. The lowest BCUT2D eigenvalue weighted by Gasteiger charge is -2.43. The van der Waals surface area contributed by atoms with Crippen molar-refractivity contribution < 1.29 is 4.79 Å². The SMILES string of the molecule is CC1CC(N(C)CC(=O)N2CCNCC2)CC(C)(C)C1. The van der Waals surface area contributed by atoms with Gasteiger partial charge in [-0.1, -0.05) is 20.8 Å². The molecule has 0 radical (unpaired) electrons. The number of nitrogens with one attached hydrogen (secondary N) is 1. The van der Waals surface area contributed by atoms with Crippen molar-refractivity contribution in [2.24, 2.45) is 11.3 Å². The number of hydrogen-bond donors (Lipinski definition) is 1. The van der Waals surface area contributed by atoms with Crippen molar-refractivity contribution in [3.63, 3.8) is 0 Å². The van der Waals surface area contributed by atoms with Crippen molar-refractivity contribution in [2.75, 3.05) is 39.8 Å². The number of hydrogen-bond acceptors (Lipinski definition) is 3. The predicted molar refractivity (Wildman–Crippen MR) is 82.7 cm³/mol. The highest BCUT2D eigenvalue weighted by Crippen LogP contribution is 2.40. The van der Waals surface area contributed by atoms with Crippen LogP contribution in [0.4, 0.5) is 0 Å². The predicted octanol–water partition coefficient (Wildman–Crippen LogP) is 1.56. The summed E-state index contributed by atoms with van der Waals surface area (Å²) in [4.78, 5) is 16.6. The molecular weight excluding hydrogens is 250 g/mol. The van der Waals surface area contributed by atoms with Crippen LogP contribution in [0.15, 0.2) is 0 Å². The highest BCUT2D eigenvalue weighted by molar-refractivity contribution is 5.78. The first-order chi connectivity index (χ1) is 9.37. The molecule has 1 saturated heterocycles. The Kier molecular flexibility index (Phi) is 5.08. The van der Waals surface area contributed by atoms with Crippen molar-refractivity contribution in [3.8, 4) is 0 Å². The van der Waals surface area contributed by atoms with E-state index in [1.807, 2.05) is 4.90 Å². The molecule has 1 saturated carbocycles. The lowest BCUT2D eigenvalue weighted by molar-refractivity contribution is -0.133. The molecule has 1 heterocycles. The smallest absolute Gasteiger partial charge is 0.236 e. The molecule has 0 bridgehead atoms. The van der Waals surface area contributed by atoms with Crippen LogP contribution in [0.1, 0.15) is 40.0 Å². The minimum Gasteiger partial charge on any atom is -0.339 e. The lowest BCUT2D eigenvalue weighted by Crippen LogP contribution is -2.51. The van der Waals surface area contributed by atoms with E-state index < -0.39 is 0 Å². The zero-order valence-electron chi connectivity index (χ0n) is 13.6. The molecule has 0 aromatic rings. The molecule has 1 aliphatic carbocycles. The molecule has 2 atom stereocenters. The fraction of sp³-hybridized carbons (Fsp3) is 0.938. The van der Waals surface area contributed by atoms with Crippen molar-refractivity contribution in [1.29, 1.82) is 0 Å². The van der Waals surface area contributed by atoms with Gasteiger partial charge >= 0.3 is 0 Å². The second kappa shape index (κ2) is 6.44. The van der Waals surface area contributed by atoms with Gasteiger partial charge in [-0.25, -0.2) is 0 Å². The topological polar surface area (TPSA) is 35.6 Å². The van der Waals surface area contributed by atoms with Gasteiger partial charge in [-0.15, -0.1) is 0 Å². The van der Waals surface area contributed by atoms with Crippen LogP contribution in [-0.4, -0.2) is 61.5 Å². The maximum atomic E-state index is 12.4. The monoisotopic (exact) mass is 281 g/mol. The number of carbonyl (C=O) groups excluding carboxylic acids is 1. The van der Waals surface area contributed by atoms with Crippen LogP contribution < -0.4 is 5.32 Å². The summed E-state index contributed by atoms with van der Waals surface area (Å²) in [5.74, 6) is 1.06. The third kappa shape index (κ3) is 4.19. The highest BCUT2D eigenvalue weighted by Gasteiger charge is 2.34. The van der Waals surface area contributed by atoms with E-state index in [0.717, 1.165) is 32.1 Å². The van der Waals surface area contributed by atoms with Crippen molar-refractivity contribution in [2.45, 2.75) is 46.1 Å². The van der Waals surface area contributed by atoms with Crippen LogP contribution in [0.25, 0.3) is 0 Å². The van der Waals surface area contributed by atoms with E-state index in [1.165, 1.54) is 19.3 Å². The Morgan fingerprint density at radius 3 is 2.55 bits per heavy atom. The molecule has 4 heteroatoms. The zero-order chi connectivity index (χ0) is 14.8. The van der Waals surface area contributed by atoms with Crippen LogP contribution in [0.2, 0.25) is 0 Å². The average Bonchev–Trinajstić information content (AvgIpc) is 2.37.